The van der Waals surface area contributed by atoms with E-state index in [1.807, 2.05) is 12.1 Å². The first-order valence-corrected chi connectivity index (χ1v) is 11.4. The number of hydrogen-bond donors (Lipinski definition) is 3. The maximum Gasteiger partial charge on any atom is 0.354 e. The molecule has 0 aromatic heterocycles. The molecular formula is C27H31NO4. The standard InChI is InChI=1S/C18H24O2.C9H7NO2/c1-18-9-8-14-13-5-3-12(19)10-11(13)2-4-15(14)16(18)6-7-17(18)20;1-2-12-9(11)7-5-3-4-6-8(7)10/h3,5,10,14-17,19-20H,2,4,6-9H2,1H3;1,3-6H,10H2/t14-,15-,16+,17+,18+;/m1./s1. The van der Waals surface area contributed by atoms with Crippen LogP contribution >= 0.6 is 0 Å². The maximum atomic E-state index is 11.0. The lowest BCUT2D eigenvalue weighted by Crippen LogP contribution is -2.43. The van der Waals surface area contributed by atoms with Gasteiger partial charge in [-0.15, -0.1) is 0 Å². The average Bonchev–Trinajstić information content (AvgIpc) is 3.09. The molecular weight excluding hydrogens is 402 g/mol. The van der Waals surface area contributed by atoms with E-state index in [9.17, 15) is 15.0 Å². The minimum Gasteiger partial charge on any atom is -0.508 e. The van der Waals surface area contributed by atoms with Gasteiger partial charge in [0.1, 0.15) is 11.9 Å². The van der Waals surface area contributed by atoms with Crippen LogP contribution in [0.4, 0.5) is 5.69 Å². The highest BCUT2D eigenvalue weighted by molar-refractivity contribution is 5.95. The minimum absolute atomic E-state index is 0.0883. The number of anilines is 1. The zero-order chi connectivity index (χ0) is 22.9. The number of ether oxygens (including phenoxy) is 1. The van der Waals surface area contributed by atoms with Crippen molar-refractivity contribution in [2.24, 2.45) is 17.3 Å². The molecule has 5 rings (SSSR count). The fourth-order valence-corrected chi connectivity index (χ4v) is 6.33. The van der Waals surface area contributed by atoms with Crippen LogP contribution in [0.3, 0.4) is 0 Å². The molecule has 0 aliphatic heterocycles. The fraction of sp³-hybridized carbons (Fsp3) is 0.444. The van der Waals surface area contributed by atoms with Crippen LogP contribution in [0, 0.1) is 29.8 Å². The first-order valence-electron chi connectivity index (χ1n) is 11.4. The SMILES string of the molecule is C#COC(=O)c1ccccc1N.C[C@]12CC[C@@H]3c4ccc(O)cc4CC[C@H]3[C@@H]1CC[C@@H]2O. The molecule has 2 saturated carbocycles. The van der Waals surface area contributed by atoms with E-state index in [2.05, 4.69) is 17.7 Å². The Bertz CT molecular complexity index is 1040. The number of fused-ring (bicyclic) bond motifs is 5. The summed E-state index contributed by atoms with van der Waals surface area (Å²) in [7, 11) is 0. The molecule has 0 saturated heterocycles. The predicted octanol–water partition coefficient (Wildman–Crippen LogP) is 4.63. The molecule has 3 aliphatic carbocycles. The van der Waals surface area contributed by atoms with Gasteiger partial charge in [-0.05, 0) is 97.1 Å². The molecule has 2 fully saturated rings. The molecule has 4 N–H and O–H groups in total. The summed E-state index contributed by atoms with van der Waals surface area (Å²) in [6.45, 7) is 2.32. The van der Waals surface area contributed by atoms with E-state index >= 15 is 0 Å². The van der Waals surface area contributed by atoms with E-state index in [0.717, 1.165) is 25.2 Å². The summed E-state index contributed by atoms with van der Waals surface area (Å²) >= 11 is 0. The van der Waals surface area contributed by atoms with Crippen molar-refractivity contribution >= 4 is 11.7 Å². The topological polar surface area (TPSA) is 92.8 Å². The Morgan fingerprint density at radius 1 is 1.19 bits per heavy atom. The van der Waals surface area contributed by atoms with Gasteiger partial charge in [-0.2, -0.15) is 0 Å². The molecule has 3 aliphatic rings. The van der Waals surface area contributed by atoms with Gasteiger partial charge in [0, 0.05) is 5.69 Å². The third-order valence-corrected chi connectivity index (χ3v) is 7.99. The lowest BCUT2D eigenvalue weighted by Gasteiger charge is -2.50. The van der Waals surface area contributed by atoms with E-state index in [1.165, 1.54) is 30.4 Å². The molecule has 2 aromatic rings. The molecule has 0 unspecified atom stereocenters. The molecule has 5 nitrogen and oxygen atoms in total. The number of nitrogens with two attached hydrogens (primary N) is 1. The van der Waals surface area contributed by atoms with Gasteiger partial charge in [0.25, 0.3) is 0 Å². The third kappa shape index (κ3) is 3.96. The number of nitrogen functional groups attached to an aromatic ring is 1. The highest BCUT2D eigenvalue weighted by Crippen LogP contribution is 2.60. The number of phenols is 1. The lowest BCUT2D eigenvalue weighted by molar-refractivity contribution is -0.0226. The van der Waals surface area contributed by atoms with E-state index in [4.69, 9.17) is 12.2 Å². The zero-order valence-corrected chi connectivity index (χ0v) is 18.5. The summed E-state index contributed by atoms with van der Waals surface area (Å²) in [5.74, 6) is 1.89. The Hall–Kier alpha value is -2.97. The average molecular weight is 434 g/mol. The Morgan fingerprint density at radius 2 is 1.97 bits per heavy atom. The number of benzene rings is 2. The van der Waals surface area contributed by atoms with Crippen LogP contribution in [-0.2, 0) is 11.2 Å². The number of esters is 1. The van der Waals surface area contributed by atoms with E-state index < -0.39 is 5.97 Å². The van der Waals surface area contributed by atoms with Gasteiger partial charge in [0.15, 0.2) is 0 Å². The largest absolute Gasteiger partial charge is 0.508 e. The second kappa shape index (κ2) is 8.88. The monoisotopic (exact) mass is 433 g/mol. The first-order chi connectivity index (χ1) is 15.3. The number of terminal acetylenes is 1. The Labute approximate surface area is 189 Å². The summed E-state index contributed by atoms with van der Waals surface area (Å²) in [5, 5.41) is 20.0. The van der Waals surface area contributed by atoms with Crippen LogP contribution in [0.2, 0.25) is 0 Å². The number of aromatic hydroxyl groups is 1. The molecule has 32 heavy (non-hydrogen) atoms. The number of rotatable bonds is 1. The minimum atomic E-state index is -0.601. The first kappa shape index (κ1) is 22.2. The van der Waals surface area contributed by atoms with Gasteiger partial charge >= 0.3 is 5.97 Å². The Balaban J connectivity index is 0.000000176. The number of carbonyl (C=O) groups excluding carboxylic acids is 1. The number of carbonyl (C=O) groups is 1. The van der Waals surface area contributed by atoms with E-state index in [-0.39, 0.29) is 17.1 Å². The Kier molecular flexibility index (Phi) is 6.17. The second-order valence-corrected chi connectivity index (χ2v) is 9.53. The predicted molar refractivity (Wildman–Crippen MR) is 124 cm³/mol. The van der Waals surface area contributed by atoms with Gasteiger partial charge in [-0.25, -0.2) is 4.79 Å². The highest BCUT2D eigenvalue weighted by Gasteiger charge is 2.54. The van der Waals surface area contributed by atoms with Gasteiger partial charge in [0.05, 0.1) is 11.7 Å². The molecule has 0 heterocycles. The molecule has 0 radical (unpaired) electrons. The van der Waals surface area contributed by atoms with Gasteiger partial charge in [-0.3, -0.25) is 0 Å². The van der Waals surface area contributed by atoms with Crippen molar-refractivity contribution in [3.8, 4) is 18.3 Å². The smallest absolute Gasteiger partial charge is 0.354 e. The highest BCUT2D eigenvalue weighted by atomic mass is 16.5. The summed E-state index contributed by atoms with van der Waals surface area (Å²) in [6.07, 6.45) is 13.4. The summed E-state index contributed by atoms with van der Waals surface area (Å²) < 4.78 is 4.32. The van der Waals surface area contributed by atoms with Gasteiger partial charge in [-0.1, -0.05) is 31.5 Å². The molecule has 0 bridgehead atoms. The second-order valence-electron chi connectivity index (χ2n) is 9.53. The number of hydrogen-bond acceptors (Lipinski definition) is 5. The molecule has 2 aromatic carbocycles. The van der Waals surface area contributed by atoms with Crippen LogP contribution in [0.15, 0.2) is 42.5 Å². The van der Waals surface area contributed by atoms with Crippen molar-refractivity contribution in [1.82, 2.24) is 0 Å². The van der Waals surface area contributed by atoms with E-state index in [1.54, 1.807) is 30.4 Å². The summed E-state index contributed by atoms with van der Waals surface area (Å²) in [5.41, 5.74) is 9.12. The summed E-state index contributed by atoms with van der Waals surface area (Å²) in [6, 6.07) is 12.5. The molecule has 5 heteroatoms. The lowest BCUT2D eigenvalue weighted by atomic mass is 9.55. The van der Waals surface area contributed by atoms with Crippen molar-refractivity contribution in [3.63, 3.8) is 0 Å². The van der Waals surface area contributed by atoms with Crippen molar-refractivity contribution in [1.29, 1.82) is 0 Å². The van der Waals surface area contributed by atoms with Crippen molar-refractivity contribution in [3.05, 3.63) is 59.2 Å². The Morgan fingerprint density at radius 3 is 2.72 bits per heavy atom. The summed E-state index contributed by atoms with van der Waals surface area (Å²) in [4.78, 5) is 11.0. The zero-order valence-electron chi connectivity index (χ0n) is 18.5. The number of aryl methyl sites for hydroxylation is 1. The quantitative estimate of drug-likeness (QED) is 0.347. The van der Waals surface area contributed by atoms with Crippen LogP contribution in [0.1, 0.15) is 66.4 Å². The van der Waals surface area contributed by atoms with E-state index in [0.29, 0.717) is 23.3 Å². The third-order valence-electron chi connectivity index (χ3n) is 7.99. The number of aliphatic hydroxyl groups is 1. The van der Waals surface area contributed by atoms with Gasteiger partial charge < -0.3 is 20.7 Å². The van der Waals surface area contributed by atoms with Crippen LogP contribution in [0.5, 0.6) is 5.75 Å². The van der Waals surface area contributed by atoms with Crippen molar-refractivity contribution in [2.45, 2.75) is 57.5 Å². The van der Waals surface area contributed by atoms with Crippen LogP contribution < -0.4 is 5.73 Å². The molecule has 168 valence electrons. The number of para-hydroxylation sites is 1. The number of phenolic OH excluding ortho intramolecular Hbond substituents is 1. The van der Waals surface area contributed by atoms with Crippen molar-refractivity contribution in [2.75, 3.05) is 5.73 Å². The molecule has 0 spiro atoms. The molecule has 5 atom stereocenters. The van der Waals surface area contributed by atoms with Crippen molar-refractivity contribution < 1.29 is 19.7 Å². The van der Waals surface area contributed by atoms with Crippen LogP contribution in [-0.4, -0.2) is 22.3 Å². The van der Waals surface area contributed by atoms with Gasteiger partial charge in [0.2, 0.25) is 0 Å². The van der Waals surface area contributed by atoms with Crippen LogP contribution in [0.25, 0.3) is 0 Å². The fourth-order valence-electron chi connectivity index (χ4n) is 6.33. The normalized spacial score (nSPS) is 29.9. The molecule has 0 amide bonds. The maximum absolute atomic E-state index is 11.0. The number of aliphatic hydroxyl groups excluding tert-OH is 1.